The Morgan fingerprint density at radius 1 is 1.06 bits per heavy atom. The van der Waals surface area contributed by atoms with Crippen LogP contribution in [0.25, 0.3) is 5.65 Å². The van der Waals surface area contributed by atoms with Gasteiger partial charge in [-0.1, -0.05) is 19.9 Å². The van der Waals surface area contributed by atoms with Gasteiger partial charge >= 0.3 is 22.3 Å². The number of aromatic nitrogens is 4. The van der Waals surface area contributed by atoms with Gasteiger partial charge in [-0.2, -0.15) is 36.1 Å². The molecule has 1 aliphatic rings. The van der Waals surface area contributed by atoms with Crippen molar-refractivity contribution in [3.05, 3.63) is 53.7 Å². The molecule has 4 aromatic rings. The number of benzene rings is 2. The van der Waals surface area contributed by atoms with Gasteiger partial charge in [0.05, 0.1) is 38.3 Å². The largest absolute Gasteiger partial charge is 0.492 e. The average molecular weight is 740 g/mol. The molecular formula is C28H30F5N5O9S2. The second-order valence-electron chi connectivity index (χ2n) is 10.7. The Morgan fingerprint density at radius 2 is 1.78 bits per heavy atom. The normalized spacial score (nSPS) is 14.0. The molecule has 0 radical (unpaired) electrons. The molecule has 1 N–H and O–H groups in total. The van der Waals surface area contributed by atoms with Crippen LogP contribution in [0.2, 0.25) is 0 Å². The van der Waals surface area contributed by atoms with Gasteiger partial charge in [0.25, 0.3) is 22.4 Å². The first kappa shape index (κ1) is 37.2. The lowest BCUT2D eigenvalue weighted by Gasteiger charge is -2.17. The summed E-state index contributed by atoms with van der Waals surface area (Å²) in [5.41, 5.74) is -0.806. The molecule has 0 aliphatic carbocycles. The maximum atomic E-state index is 13.5. The molecule has 49 heavy (non-hydrogen) atoms. The van der Waals surface area contributed by atoms with Crippen LogP contribution in [0.15, 0.2) is 47.5 Å². The number of halogens is 5. The highest BCUT2D eigenvalue weighted by atomic mass is 32.2. The van der Waals surface area contributed by atoms with E-state index in [0.29, 0.717) is 18.4 Å². The van der Waals surface area contributed by atoms with Crippen molar-refractivity contribution in [3.8, 4) is 29.0 Å². The van der Waals surface area contributed by atoms with Gasteiger partial charge in [-0.3, -0.25) is 0 Å². The predicted molar refractivity (Wildman–Crippen MR) is 163 cm³/mol. The summed E-state index contributed by atoms with van der Waals surface area (Å²) in [6, 6.07) is 7.10. The fourth-order valence-corrected chi connectivity index (χ4v) is 6.18. The lowest BCUT2D eigenvalue weighted by molar-refractivity contribution is -0.140. The number of nitrogens with zero attached hydrogens (tertiary/aromatic N) is 4. The van der Waals surface area contributed by atoms with E-state index in [-0.39, 0.29) is 28.6 Å². The molecule has 0 saturated carbocycles. The average Bonchev–Trinajstić information content (AvgIpc) is 3.58. The second kappa shape index (κ2) is 14.1. The van der Waals surface area contributed by atoms with E-state index in [9.17, 15) is 38.8 Å². The number of hydrogen-bond acceptors (Lipinski definition) is 12. The second-order valence-corrected chi connectivity index (χ2v) is 14.2. The van der Waals surface area contributed by atoms with Crippen LogP contribution in [-0.4, -0.2) is 76.0 Å². The number of fused-ring (bicyclic) bond motifs is 2. The fraction of sp³-hybridized carbons (Fsp3) is 0.393. The van der Waals surface area contributed by atoms with Crippen LogP contribution in [0.1, 0.15) is 31.9 Å². The van der Waals surface area contributed by atoms with Gasteiger partial charge in [0.15, 0.2) is 5.75 Å². The van der Waals surface area contributed by atoms with Gasteiger partial charge in [-0.05, 0) is 37.3 Å². The summed E-state index contributed by atoms with van der Waals surface area (Å²) in [5, 5.41) is 3.80. The molecule has 0 bridgehead atoms. The molecule has 21 heteroatoms. The molecule has 0 atom stereocenters. The molecule has 0 spiro atoms. The number of anilines is 1. The topological polar surface area (TPSA) is 170 Å². The zero-order chi connectivity index (χ0) is 36.4. The highest BCUT2D eigenvalue weighted by Crippen LogP contribution is 2.41. The minimum atomic E-state index is -5.14. The summed E-state index contributed by atoms with van der Waals surface area (Å²) in [6.45, 7) is 4.94. The Labute approximate surface area is 277 Å². The number of sulfonamides is 1. The highest BCUT2D eigenvalue weighted by Gasteiger charge is 2.40. The van der Waals surface area contributed by atoms with E-state index in [0.717, 1.165) is 28.0 Å². The van der Waals surface area contributed by atoms with Crippen molar-refractivity contribution in [1.82, 2.24) is 19.6 Å². The van der Waals surface area contributed by atoms with Crippen molar-refractivity contribution in [2.24, 2.45) is 0 Å². The third-order valence-corrected chi connectivity index (χ3v) is 9.26. The number of methoxy groups -OCH3 is 2. The van der Waals surface area contributed by atoms with E-state index >= 15 is 0 Å². The molecular weight excluding hydrogens is 709 g/mol. The minimum Gasteiger partial charge on any atom is -0.492 e. The van der Waals surface area contributed by atoms with Gasteiger partial charge in [-0.25, -0.2) is 21.9 Å². The molecule has 2 aromatic carbocycles. The molecule has 0 fully saturated rings. The molecule has 268 valence electrons. The number of rotatable bonds is 11. The van der Waals surface area contributed by atoms with Gasteiger partial charge in [0.1, 0.15) is 28.8 Å². The van der Waals surface area contributed by atoms with Gasteiger partial charge < -0.3 is 23.1 Å². The van der Waals surface area contributed by atoms with Crippen LogP contribution in [0, 0.1) is 0 Å². The summed E-state index contributed by atoms with van der Waals surface area (Å²) in [7, 11) is -6.03. The Hall–Kier alpha value is -4.66. The lowest BCUT2D eigenvalue weighted by atomic mass is 9.87. The number of nitrogens with one attached hydrogen (secondary N) is 1. The molecule has 2 aromatic heterocycles. The van der Waals surface area contributed by atoms with Crippen molar-refractivity contribution < 1.29 is 61.9 Å². The van der Waals surface area contributed by atoms with Gasteiger partial charge in [0.2, 0.25) is 5.65 Å². The summed E-state index contributed by atoms with van der Waals surface area (Å²) < 4.78 is 142. The lowest BCUT2D eigenvalue weighted by Crippen LogP contribution is -2.21. The summed E-state index contributed by atoms with van der Waals surface area (Å²) >= 11 is 0. The summed E-state index contributed by atoms with van der Waals surface area (Å²) in [4.78, 5) is 6.34. The van der Waals surface area contributed by atoms with E-state index < -0.39 is 61.5 Å². The van der Waals surface area contributed by atoms with Crippen LogP contribution in [-0.2, 0) is 31.7 Å². The predicted octanol–water partition coefficient (Wildman–Crippen LogP) is 4.69. The maximum absolute atomic E-state index is 13.5. The smallest absolute Gasteiger partial charge is 0.417 e. The monoisotopic (exact) mass is 739 g/mol. The molecule has 1 aliphatic heterocycles. The number of ether oxygens (including phenoxy) is 4. The Bertz CT molecular complexity index is 2000. The fourth-order valence-electron chi connectivity index (χ4n) is 4.37. The molecule has 3 heterocycles. The molecule has 14 nitrogen and oxygen atoms in total. The van der Waals surface area contributed by atoms with Crippen LogP contribution in [0.4, 0.5) is 27.9 Å². The van der Waals surface area contributed by atoms with Gasteiger partial charge in [0, 0.05) is 11.0 Å². The van der Waals surface area contributed by atoms with E-state index in [4.69, 9.17) is 18.4 Å². The van der Waals surface area contributed by atoms with Crippen molar-refractivity contribution >= 4 is 31.7 Å². The van der Waals surface area contributed by atoms with E-state index in [1.807, 2.05) is 0 Å². The zero-order valence-electron chi connectivity index (χ0n) is 26.4. The van der Waals surface area contributed by atoms with Crippen LogP contribution < -0.4 is 27.9 Å². The molecule has 0 unspecified atom stereocenters. The van der Waals surface area contributed by atoms with Crippen LogP contribution >= 0.6 is 0 Å². The van der Waals surface area contributed by atoms with Crippen molar-refractivity contribution in [2.75, 3.05) is 37.9 Å². The molecule has 0 amide bonds. The van der Waals surface area contributed by atoms with Crippen LogP contribution in [0.3, 0.4) is 0 Å². The first-order valence-electron chi connectivity index (χ1n) is 14.0. The molecule has 0 saturated heterocycles. The van der Waals surface area contributed by atoms with Crippen molar-refractivity contribution in [3.63, 3.8) is 0 Å². The van der Waals surface area contributed by atoms with Crippen molar-refractivity contribution in [2.45, 2.75) is 43.7 Å². The standard InChI is InChI=1S/C16H14F5N5O5S.C12H16O4S/c1-29-10-6-22-15(30-2)26-13(10)23-14(24-26)25-32(27,28)12-8(16(19,20)21)4-3-5-9(12)31-7-11(17)18;1-4-17(13,14)16-9-5-6-11-10(7-9)12(2,3)8-15-11/h3-6,11H,7H2,1-2H3,(H,24,25);5-7H,4,8H2,1-3H3. The van der Waals surface area contributed by atoms with Gasteiger partial charge in [-0.15, -0.1) is 5.10 Å². The third kappa shape index (κ3) is 8.50. The summed E-state index contributed by atoms with van der Waals surface area (Å²) in [6.07, 6.45) is -6.99. The molecule has 5 rings (SSSR count). The van der Waals surface area contributed by atoms with E-state index in [1.54, 1.807) is 29.8 Å². The Kier molecular flexibility index (Phi) is 10.7. The SMILES string of the molecule is CCS(=O)(=O)Oc1ccc2c(c1)C(C)(C)CO2.COc1cnc(OC)n2nc(NS(=O)(=O)c3c(OCC(F)F)cccc3C(F)(F)F)nc12. The van der Waals surface area contributed by atoms with E-state index in [2.05, 4.69) is 33.7 Å². The van der Waals surface area contributed by atoms with E-state index in [1.165, 1.54) is 20.4 Å². The highest BCUT2D eigenvalue weighted by molar-refractivity contribution is 7.92. The third-order valence-electron chi connectivity index (χ3n) is 6.69. The van der Waals surface area contributed by atoms with Crippen LogP contribution in [0.5, 0.6) is 29.0 Å². The zero-order valence-corrected chi connectivity index (χ0v) is 28.0. The number of hydrogen-bond donors (Lipinski definition) is 1. The quantitative estimate of drug-likeness (QED) is 0.167. The first-order chi connectivity index (χ1) is 22.8. The maximum Gasteiger partial charge on any atom is 0.417 e. The number of alkyl halides is 5. The minimum absolute atomic E-state index is 0.0377. The van der Waals surface area contributed by atoms with Crippen molar-refractivity contribution in [1.29, 1.82) is 0 Å². The summed E-state index contributed by atoms with van der Waals surface area (Å²) in [5.74, 6) is -0.412. The first-order valence-corrected chi connectivity index (χ1v) is 17.0. The Morgan fingerprint density at radius 3 is 2.39 bits per heavy atom. The Balaban J connectivity index is 0.000000266.